The van der Waals surface area contributed by atoms with E-state index < -0.39 is 0 Å². The summed E-state index contributed by atoms with van der Waals surface area (Å²) in [6.07, 6.45) is 11.0. The smallest absolute Gasteiger partial charge is 0.255 e. The molecule has 0 radical (unpaired) electrons. The molecule has 0 saturated heterocycles. The summed E-state index contributed by atoms with van der Waals surface area (Å²) >= 11 is 0. The van der Waals surface area contributed by atoms with Crippen molar-refractivity contribution in [3.05, 3.63) is 21.6 Å². The van der Waals surface area contributed by atoms with Crippen molar-refractivity contribution in [2.24, 2.45) is 0 Å². The monoisotopic (exact) mass is 265 g/mol. The fourth-order valence-electron chi connectivity index (χ4n) is 2.36. The minimum atomic E-state index is -0.0760. The number of nitrogen functional groups attached to an aromatic ring is 1. The van der Waals surface area contributed by atoms with Gasteiger partial charge in [-0.2, -0.15) is 0 Å². The lowest BCUT2D eigenvalue weighted by Crippen LogP contribution is -2.18. The summed E-state index contributed by atoms with van der Waals surface area (Å²) in [7, 11) is 0. The molecule has 0 fully saturated rings. The largest absolute Gasteiger partial charge is 0.369 e. The first-order valence-electron chi connectivity index (χ1n) is 7.50. The molecule has 19 heavy (non-hydrogen) atoms. The van der Waals surface area contributed by atoms with Crippen molar-refractivity contribution in [1.82, 2.24) is 9.97 Å². The third kappa shape index (κ3) is 5.90. The van der Waals surface area contributed by atoms with Crippen LogP contribution in [0.2, 0.25) is 0 Å². The van der Waals surface area contributed by atoms with E-state index in [1.807, 2.05) is 6.92 Å². The predicted molar refractivity (Wildman–Crippen MR) is 80.3 cm³/mol. The maximum atomic E-state index is 11.7. The summed E-state index contributed by atoms with van der Waals surface area (Å²) in [5.41, 5.74) is 6.98. The minimum Gasteiger partial charge on any atom is -0.369 e. The number of nitrogens with one attached hydrogen (secondary N) is 1. The molecular formula is C15H27N3O. The third-order valence-corrected chi connectivity index (χ3v) is 3.52. The fourth-order valence-corrected chi connectivity index (χ4v) is 2.36. The summed E-state index contributed by atoms with van der Waals surface area (Å²) in [6.45, 7) is 4.09. The third-order valence-electron chi connectivity index (χ3n) is 3.52. The van der Waals surface area contributed by atoms with E-state index in [0.717, 1.165) is 24.1 Å². The molecule has 4 nitrogen and oxygen atoms in total. The zero-order valence-corrected chi connectivity index (χ0v) is 12.3. The first-order valence-corrected chi connectivity index (χ1v) is 7.50. The Kier molecular flexibility index (Phi) is 7.23. The van der Waals surface area contributed by atoms with Gasteiger partial charge in [-0.25, -0.2) is 4.98 Å². The second-order valence-corrected chi connectivity index (χ2v) is 5.24. The lowest BCUT2D eigenvalue weighted by Gasteiger charge is -2.05. The summed E-state index contributed by atoms with van der Waals surface area (Å²) < 4.78 is 0. The molecule has 108 valence electrons. The van der Waals surface area contributed by atoms with Crippen molar-refractivity contribution < 1.29 is 0 Å². The normalized spacial score (nSPS) is 10.8. The average Bonchev–Trinajstić information content (AvgIpc) is 2.35. The van der Waals surface area contributed by atoms with Gasteiger partial charge in [0.1, 0.15) is 0 Å². The van der Waals surface area contributed by atoms with Crippen LogP contribution in [0.25, 0.3) is 0 Å². The number of nitrogens with two attached hydrogens (primary N) is 1. The quantitative estimate of drug-likeness (QED) is 0.673. The Labute approximate surface area is 115 Å². The summed E-state index contributed by atoms with van der Waals surface area (Å²) in [5, 5.41) is 0. The molecule has 0 aliphatic heterocycles. The van der Waals surface area contributed by atoms with Crippen LogP contribution in [0.1, 0.15) is 69.5 Å². The number of anilines is 1. The van der Waals surface area contributed by atoms with E-state index in [0.29, 0.717) is 0 Å². The molecule has 0 atom stereocenters. The number of unbranched alkanes of at least 4 members (excludes halogenated alkanes) is 7. The molecule has 1 aromatic rings. The first-order chi connectivity index (χ1) is 9.15. The van der Waals surface area contributed by atoms with Crippen LogP contribution in [-0.2, 0) is 6.42 Å². The van der Waals surface area contributed by atoms with Crippen LogP contribution in [0.15, 0.2) is 4.79 Å². The van der Waals surface area contributed by atoms with Crippen molar-refractivity contribution in [1.29, 1.82) is 0 Å². The topological polar surface area (TPSA) is 71.8 Å². The zero-order valence-electron chi connectivity index (χ0n) is 12.3. The van der Waals surface area contributed by atoms with Crippen molar-refractivity contribution in [3.8, 4) is 0 Å². The summed E-state index contributed by atoms with van der Waals surface area (Å²) in [4.78, 5) is 18.4. The number of hydrogen-bond acceptors (Lipinski definition) is 3. The van der Waals surface area contributed by atoms with E-state index in [9.17, 15) is 4.79 Å². The maximum Gasteiger partial charge on any atom is 0.255 e. The summed E-state index contributed by atoms with van der Waals surface area (Å²) in [5.74, 6) is 0.210. The van der Waals surface area contributed by atoms with Gasteiger partial charge >= 0.3 is 0 Å². The standard InChI is InChI=1S/C15H27N3O/c1-3-4-5-6-7-8-9-10-11-13-12(2)17-15(16)18-14(13)19/h3-11H2,1-2H3,(H3,16,17,18,19). The number of H-pyrrole nitrogens is 1. The van der Waals surface area contributed by atoms with E-state index in [4.69, 9.17) is 5.73 Å². The van der Waals surface area contributed by atoms with E-state index in [-0.39, 0.29) is 11.5 Å². The molecule has 0 spiro atoms. The van der Waals surface area contributed by atoms with E-state index in [1.54, 1.807) is 0 Å². The van der Waals surface area contributed by atoms with Gasteiger partial charge in [0.2, 0.25) is 5.95 Å². The predicted octanol–water partition coefficient (Wildman–Crippen LogP) is 3.34. The molecule has 0 unspecified atom stereocenters. The Morgan fingerprint density at radius 2 is 1.63 bits per heavy atom. The van der Waals surface area contributed by atoms with E-state index in [1.165, 1.54) is 44.9 Å². The van der Waals surface area contributed by atoms with Crippen LogP contribution in [0, 0.1) is 6.92 Å². The molecule has 1 aromatic heterocycles. The number of aryl methyl sites for hydroxylation is 1. The van der Waals surface area contributed by atoms with Gasteiger partial charge in [0.15, 0.2) is 0 Å². The zero-order chi connectivity index (χ0) is 14.1. The van der Waals surface area contributed by atoms with Crippen LogP contribution in [0.4, 0.5) is 5.95 Å². The van der Waals surface area contributed by atoms with Gasteiger partial charge in [0.25, 0.3) is 5.56 Å². The highest BCUT2D eigenvalue weighted by molar-refractivity contribution is 5.24. The van der Waals surface area contributed by atoms with Gasteiger partial charge in [-0.1, -0.05) is 51.9 Å². The van der Waals surface area contributed by atoms with Crippen molar-refractivity contribution >= 4 is 5.95 Å². The van der Waals surface area contributed by atoms with Gasteiger partial charge in [0, 0.05) is 11.3 Å². The van der Waals surface area contributed by atoms with Crippen molar-refractivity contribution in [2.75, 3.05) is 5.73 Å². The maximum absolute atomic E-state index is 11.7. The highest BCUT2D eigenvalue weighted by atomic mass is 16.1. The average molecular weight is 265 g/mol. The number of aromatic amines is 1. The van der Waals surface area contributed by atoms with Gasteiger partial charge in [-0.15, -0.1) is 0 Å². The van der Waals surface area contributed by atoms with Gasteiger partial charge in [0.05, 0.1) is 0 Å². The molecule has 0 aliphatic rings. The fraction of sp³-hybridized carbons (Fsp3) is 0.733. The van der Waals surface area contributed by atoms with E-state index >= 15 is 0 Å². The number of aromatic nitrogens is 2. The Hall–Kier alpha value is -1.32. The summed E-state index contributed by atoms with van der Waals surface area (Å²) in [6, 6.07) is 0. The van der Waals surface area contributed by atoms with Crippen molar-refractivity contribution in [3.63, 3.8) is 0 Å². The highest BCUT2D eigenvalue weighted by Gasteiger charge is 2.06. The lowest BCUT2D eigenvalue weighted by molar-refractivity contribution is 0.574. The van der Waals surface area contributed by atoms with Gasteiger partial charge < -0.3 is 5.73 Å². The number of hydrogen-bond donors (Lipinski definition) is 2. The van der Waals surface area contributed by atoms with Gasteiger partial charge in [-0.3, -0.25) is 9.78 Å². The molecule has 0 aromatic carbocycles. The molecule has 1 rings (SSSR count). The SMILES string of the molecule is CCCCCCCCCCc1c(C)nc(N)[nH]c1=O. The highest BCUT2D eigenvalue weighted by Crippen LogP contribution is 2.11. The van der Waals surface area contributed by atoms with Crippen LogP contribution in [0.5, 0.6) is 0 Å². The molecule has 3 N–H and O–H groups in total. The molecular weight excluding hydrogens is 238 g/mol. The molecule has 0 saturated carbocycles. The van der Waals surface area contributed by atoms with Crippen LogP contribution in [-0.4, -0.2) is 9.97 Å². The second kappa shape index (κ2) is 8.73. The van der Waals surface area contributed by atoms with Crippen LogP contribution < -0.4 is 11.3 Å². The first kappa shape index (κ1) is 15.7. The van der Waals surface area contributed by atoms with Crippen LogP contribution >= 0.6 is 0 Å². The lowest BCUT2D eigenvalue weighted by atomic mass is 10.0. The number of rotatable bonds is 9. The van der Waals surface area contributed by atoms with Gasteiger partial charge in [-0.05, 0) is 19.8 Å². The molecule has 0 amide bonds. The molecule has 0 bridgehead atoms. The van der Waals surface area contributed by atoms with E-state index in [2.05, 4.69) is 16.9 Å². The Morgan fingerprint density at radius 1 is 1.05 bits per heavy atom. The Balaban J connectivity index is 2.21. The van der Waals surface area contributed by atoms with Crippen LogP contribution in [0.3, 0.4) is 0 Å². The second-order valence-electron chi connectivity index (χ2n) is 5.24. The Morgan fingerprint density at radius 3 is 2.21 bits per heavy atom. The van der Waals surface area contributed by atoms with Crippen molar-refractivity contribution in [2.45, 2.75) is 71.6 Å². The minimum absolute atomic E-state index is 0.0760. The molecule has 1 heterocycles. The molecule has 0 aliphatic carbocycles. The molecule has 4 heteroatoms. The Bertz CT molecular complexity index is 426. The number of nitrogens with zero attached hydrogens (tertiary/aromatic N) is 1.